The number of halogens is 7. The van der Waals surface area contributed by atoms with Crippen LogP contribution in [0.3, 0.4) is 0 Å². The van der Waals surface area contributed by atoms with Gasteiger partial charge >= 0.3 is 41.9 Å². The zero-order valence-electron chi connectivity index (χ0n) is 25.3. The fourth-order valence-corrected chi connectivity index (χ4v) is 4.93. The molecule has 0 radical (unpaired) electrons. The number of hydrogen-bond acceptors (Lipinski definition) is 8. The van der Waals surface area contributed by atoms with E-state index in [-0.39, 0.29) is 78.9 Å². The molecule has 0 spiro atoms. The largest absolute Gasteiger partial charge is 1.00 e. The zero-order chi connectivity index (χ0) is 32.8. The number of pyridine rings is 1. The molecule has 0 atom stereocenters. The number of ether oxygens (including phenoxy) is 1. The van der Waals surface area contributed by atoms with Gasteiger partial charge in [-0.05, 0) is 61.4 Å². The molecule has 8 nitrogen and oxygen atoms in total. The third-order valence-electron chi connectivity index (χ3n) is 7.15. The van der Waals surface area contributed by atoms with E-state index in [0.717, 1.165) is 18.8 Å². The van der Waals surface area contributed by atoms with Gasteiger partial charge in [-0.3, -0.25) is 0 Å². The Kier molecular flexibility index (Phi) is 13.4. The first kappa shape index (κ1) is 37.6. The Hall–Kier alpha value is -2.81. The second-order valence-corrected chi connectivity index (χ2v) is 11.4. The molecule has 0 bridgehead atoms. The van der Waals surface area contributed by atoms with Crippen LogP contribution in [0.2, 0.25) is 5.02 Å². The van der Waals surface area contributed by atoms with Gasteiger partial charge in [0.05, 0.1) is 35.2 Å². The smallest absolute Gasteiger partial charge is 0.550 e. The maximum Gasteiger partial charge on any atom is 1.00 e. The summed E-state index contributed by atoms with van der Waals surface area (Å²) in [6, 6.07) is 3.04. The van der Waals surface area contributed by atoms with E-state index in [1.807, 2.05) is 11.9 Å². The topological polar surface area (TPSA) is 94.5 Å². The number of anilines is 2. The summed E-state index contributed by atoms with van der Waals surface area (Å²) in [6.07, 6.45) is -1.60. The quantitative estimate of drug-likeness (QED) is 0.137. The van der Waals surface area contributed by atoms with Gasteiger partial charge in [-0.15, -0.1) is 0 Å². The number of hydrogen-bond donors (Lipinski definition) is 0. The van der Waals surface area contributed by atoms with E-state index >= 15 is 0 Å². The average molecular weight is 682 g/mol. The first-order chi connectivity index (χ1) is 21.2. The summed E-state index contributed by atoms with van der Waals surface area (Å²) in [6.45, 7) is 0.242. The fraction of sp³-hybridized carbons (Fsp3) is 0.467. The molecule has 1 aliphatic rings. The summed E-state index contributed by atoms with van der Waals surface area (Å²) >= 11 is 6.27. The van der Waals surface area contributed by atoms with Gasteiger partial charge in [0.1, 0.15) is 5.82 Å². The van der Waals surface area contributed by atoms with Gasteiger partial charge in [-0.2, -0.15) is 26.3 Å². The summed E-state index contributed by atoms with van der Waals surface area (Å²) in [7, 11) is 1.85. The van der Waals surface area contributed by atoms with Gasteiger partial charge in [0.2, 0.25) is 5.95 Å². The summed E-state index contributed by atoms with van der Waals surface area (Å²) in [5.74, 6) is 0.237. The molecule has 0 saturated heterocycles. The van der Waals surface area contributed by atoms with Gasteiger partial charge < -0.3 is 24.4 Å². The third kappa shape index (κ3) is 11.5. The number of carbonyl (C=O) groups excluding carboxylic acids is 1. The predicted molar refractivity (Wildman–Crippen MR) is 153 cm³/mol. The predicted octanol–water partition coefficient (Wildman–Crippen LogP) is 3.31. The van der Waals surface area contributed by atoms with E-state index in [1.54, 1.807) is 6.07 Å². The van der Waals surface area contributed by atoms with Gasteiger partial charge in [0.15, 0.2) is 5.75 Å². The summed E-state index contributed by atoms with van der Waals surface area (Å²) in [5, 5.41) is 10.9. The second kappa shape index (κ2) is 16.3. The molecule has 1 aliphatic carbocycles. The summed E-state index contributed by atoms with van der Waals surface area (Å²) in [4.78, 5) is 26.9. The van der Waals surface area contributed by atoms with Crippen LogP contribution >= 0.6 is 11.6 Å². The molecule has 0 amide bonds. The molecular weight excluding hydrogens is 651 g/mol. The molecule has 2 aromatic heterocycles. The number of aromatic nitrogens is 3. The normalized spacial score (nSPS) is 13.2. The fourth-order valence-electron chi connectivity index (χ4n) is 4.75. The molecule has 1 saturated carbocycles. The van der Waals surface area contributed by atoms with Gasteiger partial charge in [-0.25, -0.2) is 15.0 Å². The molecule has 2 heterocycles. The molecule has 16 heteroatoms. The van der Waals surface area contributed by atoms with E-state index < -0.39 is 36.0 Å². The summed E-state index contributed by atoms with van der Waals surface area (Å²) < 4.78 is 87.1. The minimum absolute atomic E-state index is 0. The Balaban J connectivity index is 0.00000576. The number of benzene rings is 1. The molecule has 0 N–H and O–H groups in total. The van der Waals surface area contributed by atoms with Crippen LogP contribution in [0, 0.1) is 5.92 Å². The Morgan fingerprint density at radius 2 is 1.59 bits per heavy atom. The molecule has 0 unspecified atom stereocenters. The van der Waals surface area contributed by atoms with Gasteiger partial charge in [0.25, 0.3) is 0 Å². The van der Waals surface area contributed by atoms with E-state index in [9.17, 15) is 36.2 Å². The second-order valence-electron chi connectivity index (χ2n) is 11.0. The number of carbonyl (C=O) groups is 1. The van der Waals surface area contributed by atoms with E-state index in [4.69, 9.17) is 16.3 Å². The Morgan fingerprint density at radius 1 is 0.957 bits per heavy atom. The first-order valence-electron chi connectivity index (χ1n) is 14.2. The van der Waals surface area contributed by atoms with E-state index in [1.165, 1.54) is 36.3 Å². The van der Waals surface area contributed by atoms with Crippen LogP contribution in [0.5, 0.6) is 5.75 Å². The molecule has 1 fully saturated rings. The Labute approximate surface area is 289 Å². The van der Waals surface area contributed by atoms with Crippen molar-refractivity contribution in [2.45, 2.75) is 64.0 Å². The van der Waals surface area contributed by atoms with Gasteiger partial charge in [-0.1, -0.05) is 24.4 Å². The van der Waals surface area contributed by atoms with Crippen molar-refractivity contribution in [3.8, 4) is 5.75 Å². The van der Waals surface area contributed by atoms with Crippen molar-refractivity contribution in [2.75, 3.05) is 30.0 Å². The maximum atomic E-state index is 13.6. The van der Waals surface area contributed by atoms with Crippen molar-refractivity contribution < 1.29 is 70.5 Å². The van der Waals surface area contributed by atoms with Crippen LogP contribution in [0.15, 0.2) is 42.9 Å². The van der Waals surface area contributed by atoms with E-state index in [0.29, 0.717) is 35.1 Å². The molecule has 4 rings (SSSR count). The molecule has 244 valence electrons. The number of aliphatic carboxylic acids is 1. The minimum atomic E-state index is -5.01. The third-order valence-corrected chi connectivity index (χ3v) is 7.35. The molecular formula is C30H31ClF6N5NaO3. The number of alkyl halides is 6. The van der Waals surface area contributed by atoms with Crippen LogP contribution in [0.25, 0.3) is 0 Å². The average Bonchev–Trinajstić information content (AvgIpc) is 3.79. The van der Waals surface area contributed by atoms with Crippen molar-refractivity contribution in [3.05, 3.63) is 70.1 Å². The number of carboxylic acids is 1. The van der Waals surface area contributed by atoms with Crippen LogP contribution < -0.4 is 49.2 Å². The van der Waals surface area contributed by atoms with Crippen LogP contribution in [0.4, 0.5) is 38.1 Å². The Bertz CT molecular complexity index is 1430. The van der Waals surface area contributed by atoms with Gasteiger partial charge in [0, 0.05) is 44.4 Å². The van der Waals surface area contributed by atoms with Crippen molar-refractivity contribution in [2.24, 2.45) is 5.92 Å². The number of nitrogens with zero attached hydrogens (tertiary/aromatic N) is 5. The van der Waals surface area contributed by atoms with Crippen molar-refractivity contribution in [3.63, 3.8) is 0 Å². The standard InChI is InChI=1S/C30H32ClF6N5O3.Na/c1-41(8-2-4-19-6-7-19)27-21(12-24(31)14-38-27)18-42(28-39-15-25(16-40-28)45-9-3-5-26(43)44)17-20-10-22(29(32,33)34)13-23(11-20)30(35,36)37;/h10-16,19H,2-9,17-18H2,1H3,(H,43,44);/q;+1/p-1. The zero-order valence-corrected chi connectivity index (χ0v) is 28.1. The molecule has 3 aromatic rings. The van der Waals surface area contributed by atoms with Crippen molar-refractivity contribution >= 4 is 29.3 Å². The molecule has 46 heavy (non-hydrogen) atoms. The van der Waals surface area contributed by atoms with Crippen molar-refractivity contribution in [1.82, 2.24) is 15.0 Å². The number of rotatable bonds is 15. The van der Waals surface area contributed by atoms with E-state index in [2.05, 4.69) is 15.0 Å². The SMILES string of the molecule is CN(CCCC1CC1)c1ncc(Cl)cc1CN(Cc1cc(C(F)(F)F)cc(C(F)(F)F)c1)c1ncc(OCCCC(=O)[O-])cn1.[Na+]. The van der Waals surface area contributed by atoms with Crippen LogP contribution in [0.1, 0.15) is 60.8 Å². The summed E-state index contributed by atoms with van der Waals surface area (Å²) in [5.41, 5.74) is -2.58. The first-order valence-corrected chi connectivity index (χ1v) is 14.6. The van der Waals surface area contributed by atoms with Crippen LogP contribution in [-0.4, -0.2) is 41.1 Å². The number of carboxylic acid groups (broad SMARTS) is 1. The minimum Gasteiger partial charge on any atom is -0.550 e. The molecule has 1 aromatic carbocycles. The molecule has 0 aliphatic heterocycles. The maximum absolute atomic E-state index is 13.6. The van der Waals surface area contributed by atoms with Crippen molar-refractivity contribution in [1.29, 1.82) is 0 Å². The monoisotopic (exact) mass is 681 g/mol. The Morgan fingerprint density at radius 3 is 2.15 bits per heavy atom. The van der Waals surface area contributed by atoms with Crippen LogP contribution in [-0.2, 0) is 30.2 Å².